The summed E-state index contributed by atoms with van der Waals surface area (Å²) in [6.07, 6.45) is 0. The first-order chi connectivity index (χ1) is 10.8. The third-order valence-electron chi connectivity index (χ3n) is 3.27. The second-order valence-electron chi connectivity index (χ2n) is 4.92. The summed E-state index contributed by atoms with van der Waals surface area (Å²) in [7, 11) is -3.73. The highest BCUT2D eigenvalue weighted by atomic mass is 35.5. The van der Waals surface area contributed by atoms with Gasteiger partial charge in [0.05, 0.1) is 16.3 Å². The Hall–Kier alpha value is -2.35. The van der Waals surface area contributed by atoms with Gasteiger partial charge in [0.15, 0.2) is 0 Å². The van der Waals surface area contributed by atoms with Crippen LogP contribution in [-0.2, 0) is 10.0 Å². The number of hydrogen-bond donors (Lipinski definition) is 2. The van der Waals surface area contributed by atoms with Crippen LogP contribution < -0.4 is 10.9 Å². The Morgan fingerprint density at radius 1 is 1.04 bits per heavy atom. The standard InChI is InChI=1S/C15H13ClN4O2S/c16-11-3-1-2-10(8-11)14-9-15(17)20(19-14)12-4-6-13(7-5-12)23(18,21)22/h1-9H,17H2,(H2,18,21,22). The number of benzene rings is 2. The fraction of sp³-hybridized carbons (Fsp3) is 0. The highest BCUT2D eigenvalue weighted by molar-refractivity contribution is 7.89. The third kappa shape index (κ3) is 3.21. The molecule has 0 atom stereocenters. The first-order valence-electron chi connectivity index (χ1n) is 6.59. The minimum absolute atomic E-state index is 0.0297. The molecule has 3 aromatic rings. The molecule has 0 amide bonds. The first kappa shape index (κ1) is 15.5. The molecule has 4 N–H and O–H groups in total. The van der Waals surface area contributed by atoms with E-state index in [0.29, 0.717) is 22.2 Å². The maximum atomic E-state index is 11.3. The van der Waals surface area contributed by atoms with Crippen molar-refractivity contribution >= 4 is 27.4 Å². The van der Waals surface area contributed by atoms with Gasteiger partial charge in [-0.05, 0) is 36.4 Å². The van der Waals surface area contributed by atoms with Crippen LogP contribution in [0.25, 0.3) is 16.9 Å². The fourth-order valence-corrected chi connectivity index (χ4v) is 2.87. The Kier molecular flexibility index (Phi) is 3.85. The van der Waals surface area contributed by atoms with Crippen molar-refractivity contribution in [3.05, 3.63) is 59.6 Å². The van der Waals surface area contributed by atoms with Crippen LogP contribution >= 0.6 is 11.6 Å². The Labute approximate surface area is 138 Å². The van der Waals surface area contributed by atoms with Gasteiger partial charge in [-0.25, -0.2) is 18.2 Å². The maximum absolute atomic E-state index is 11.3. The molecule has 1 aromatic heterocycles. The summed E-state index contributed by atoms with van der Waals surface area (Å²) < 4.78 is 24.1. The zero-order valence-corrected chi connectivity index (χ0v) is 13.4. The van der Waals surface area contributed by atoms with Crippen LogP contribution in [0.15, 0.2) is 59.5 Å². The van der Waals surface area contributed by atoms with E-state index in [9.17, 15) is 8.42 Å². The van der Waals surface area contributed by atoms with E-state index in [2.05, 4.69) is 5.10 Å². The lowest BCUT2D eigenvalue weighted by Crippen LogP contribution is -2.12. The van der Waals surface area contributed by atoms with E-state index in [0.717, 1.165) is 5.56 Å². The van der Waals surface area contributed by atoms with Gasteiger partial charge in [-0.1, -0.05) is 23.7 Å². The molecule has 0 aliphatic heterocycles. The minimum Gasteiger partial charge on any atom is -0.384 e. The summed E-state index contributed by atoms with van der Waals surface area (Å²) in [5.41, 5.74) is 8.13. The molecule has 0 saturated carbocycles. The molecule has 23 heavy (non-hydrogen) atoms. The molecule has 0 fully saturated rings. The Bertz CT molecular complexity index is 965. The average Bonchev–Trinajstić information content (AvgIpc) is 2.88. The van der Waals surface area contributed by atoms with Gasteiger partial charge in [-0.2, -0.15) is 5.10 Å². The van der Waals surface area contributed by atoms with Gasteiger partial charge in [-0.3, -0.25) is 0 Å². The topological polar surface area (TPSA) is 104 Å². The van der Waals surface area contributed by atoms with Crippen LogP contribution in [0.4, 0.5) is 5.82 Å². The predicted octanol–water partition coefficient (Wildman–Crippen LogP) is 2.42. The number of nitrogens with two attached hydrogens (primary N) is 2. The van der Waals surface area contributed by atoms with Crippen molar-refractivity contribution in [3.63, 3.8) is 0 Å². The average molecular weight is 349 g/mol. The zero-order chi connectivity index (χ0) is 16.6. The second kappa shape index (κ2) is 5.69. The normalized spacial score (nSPS) is 11.6. The zero-order valence-electron chi connectivity index (χ0n) is 11.8. The fourth-order valence-electron chi connectivity index (χ4n) is 2.17. The molecule has 0 saturated heterocycles. The van der Waals surface area contributed by atoms with Crippen LogP contribution in [-0.4, -0.2) is 18.2 Å². The SMILES string of the molecule is Nc1cc(-c2cccc(Cl)c2)nn1-c1ccc(S(N)(=O)=O)cc1. The number of primary sulfonamides is 1. The number of sulfonamides is 1. The first-order valence-corrected chi connectivity index (χ1v) is 8.52. The molecule has 2 aromatic carbocycles. The molecule has 0 aliphatic rings. The molecular weight excluding hydrogens is 336 g/mol. The summed E-state index contributed by atoms with van der Waals surface area (Å²) >= 11 is 5.98. The van der Waals surface area contributed by atoms with Crippen LogP contribution in [0.3, 0.4) is 0 Å². The molecular formula is C15H13ClN4O2S. The number of nitrogens with zero attached hydrogens (tertiary/aromatic N) is 2. The molecule has 1 heterocycles. The number of rotatable bonds is 3. The van der Waals surface area contributed by atoms with Gasteiger partial charge >= 0.3 is 0 Å². The maximum Gasteiger partial charge on any atom is 0.238 e. The summed E-state index contributed by atoms with van der Waals surface area (Å²) in [6, 6.07) is 15.0. The van der Waals surface area contributed by atoms with Gasteiger partial charge in [0.2, 0.25) is 10.0 Å². The molecule has 118 valence electrons. The number of halogens is 1. The van der Waals surface area contributed by atoms with Gasteiger partial charge in [0.25, 0.3) is 0 Å². The minimum atomic E-state index is -3.73. The van der Waals surface area contributed by atoms with Crippen molar-refractivity contribution in [3.8, 4) is 16.9 Å². The van der Waals surface area contributed by atoms with Crippen LogP contribution in [0.5, 0.6) is 0 Å². The van der Waals surface area contributed by atoms with E-state index in [1.165, 1.54) is 16.8 Å². The van der Waals surface area contributed by atoms with Gasteiger partial charge < -0.3 is 5.73 Å². The summed E-state index contributed by atoms with van der Waals surface area (Å²) in [5.74, 6) is 0.420. The second-order valence-corrected chi connectivity index (χ2v) is 6.91. The van der Waals surface area contributed by atoms with E-state index < -0.39 is 10.0 Å². The van der Waals surface area contributed by atoms with E-state index in [1.807, 2.05) is 12.1 Å². The van der Waals surface area contributed by atoms with Crippen LogP contribution in [0.1, 0.15) is 0 Å². The van der Waals surface area contributed by atoms with Gasteiger partial charge in [-0.15, -0.1) is 0 Å². The van der Waals surface area contributed by atoms with Crippen molar-refractivity contribution in [2.45, 2.75) is 4.90 Å². The Morgan fingerprint density at radius 3 is 2.35 bits per heavy atom. The third-order valence-corrected chi connectivity index (χ3v) is 4.43. The Morgan fingerprint density at radius 2 is 1.74 bits per heavy atom. The molecule has 0 radical (unpaired) electrons. The summed E-state index contributed by atoms with van der Waals surface area (Å²) in [6.45, 7) is 0. The lowest BCUT2D eigenvalue weighted by molar-refractivity contribution is 0.598. The van der Waals surface area contributed by atoms with Crippen molar-refractivity contribution < 1.29 is 8.42 Å². The van der Waals surface area contributed by atoms with E-state index >= 15 is 0 Å². The number of aromatic nitrogens is 2. The van der Waals surface area contributed by atoms with E-state index in [-0.39, 0.29) is 4.90 Å². The molecule has 0 spiro atoms. The van der Waals surface area contributed by atoms with Crippen molar-refractivity contribution in [1.29, 1.82) is 0 Å². The number of anilines is 1. The van der Waals surface area contributed by atoms with E-state index in [4.69, 9.17) is 22.5 Å². The molecule has 6 nitrogen and oxygen atoms in total. The molecule has 0 unspecified atom stereocenters. The smallest absolute Gasteiger partial charge is 0.238 e. The molecule has 0 bridgehead atoms. The Balaban J connectivity index is 2.01. The lowest BCUT2D eigenvalue weighted by atomic mass is 10.1. The van der Waals surface area contributed by atoms with Crippen LogP contribution in [0, 0.1) is 0 Å². The van der Waals surface area contributed by atoms with Gasteiger partial charge in [0.1, 0.15) is 5.82 Å². The largest absolute Gasteiger partial charge is 0.384 e. The molecule has 3 rings (SSSR count). The lowest BCUT2D eigenvalue weighted by Gasteiger charge is -2.05. The van der Waals surface area contributed by atoms with Crippen LogP contribution in [0.2, 0.25) is 5.02 Å². The monoisotopic (exact) mass is 348 g/mol. The summed E-state index contributed by atoms with van der Waals surface area (Å²) in [4.78, 5) is 0.0297. The molecule has 8 heteroatoms. The van der Waals surface area contributed by atoms with E-state index in [1.54, 1.807) is 30.3 Å². The van der Waals surface area contributed by atoms with Crippen molar-refractivity contribution in [2.75, 3.05) is 5.73 Å². The highest BCUT2D eigenvalue weighted by Gasteiger charge is 2.11. The highest BCUT2D eigenvalue weighted by Crippen LogP contribution is 2.25. The predicted molar refractivity (Wildman–Crippen MR) is 89.8 cm³/mol. The van der Waals surface area contributed by atoms with Crippen molar-refractivity contribution in [1.82, 2.24) is 9.78 Å². The van der Waals surface area contributed by atoms with Gasteiger partial charge in [0, 0.05) is 16.7 Å². The molecule has 0 aliphatic carbocycles. The number of hydrogen-bond acceptors (Lipinski definition) is 4. The number of nitrogen functional groups attached to an aromatic ring is 1. The quantitative estimate of drug-likeness (QED) is 0.758. The summed E-state index contributed by atoms with van der Waals surface area (Å²) in [5, 5.41) is 10.1. The van der Waals surface area contributed by atoms with Crippen molar-refractivity contribution in [2.24, 2.45) is 5.14 Å².